The summed E-state index contributed by atoms with van der Waals surface area (Å²) in [6, 6.07) is -0.0378. The van der Waals surface area contributed by atoms with E-state index < -0.39 is 0 Å². The standard InChI is InChI=1S/C22H30N8O/c1-5-30-21(16-11-23-15(4)24-12-16)28-19-20(25-13-26-22(19)30)27-17(14(2)3)10-18(31)29-8-6-7-9-29/h11-14,17H,5-10H2,1-4H3,(H,25,26,27). The lowest BCUT2D eigenvalue weighted by Crippen LogP contribution is -2.36. The number of aryl methyl sites for hydroxylation is 2. The SMILES string of the molecule is CCn1c(-c2cnc(C)nc2)nc2c(NC(CC(=O)N3CCCC3)C(C)C)ncnc21. The Morgan fingerprint density at radius 1 is 1.13 bits per heavy atom. The number of hydrogen-bond donors (Lipinski definition) is 1. The highest BCUT2D eigenvalue weighted by Crippen LogP contribution is 2.27. The van der Waals surface area contributed by atoms with Crippen LogP contribution in [0.25, 0.3) is 22.6 Å². The molecule has 31 heavy (non-hydrogen) atoms. The number of hydrogen-bond acceptors (Lipinski definition) is 7. The molecular weight excluding hydrogens is 392 g/mol. The molecule has 0 bridgehead atoms. The van der Waals surface area contributed by atoms with E-state index in [-0.39, 0.29) is 17.9 Å². The van der Waals surface area contributed by atoms with Gasteiger partial charge in [-0.05, 0) is 32.6 Å². The Bertz CT molecular complexity index is 1050. The van der Waals surface area contributed by atoms with Gasteiger partial charge in [0.1, 0.15) is 18.0 Å². The van der Waals surface area contributed by atoms with Crippen molar-refractivity contribution in [3.63, 3.8) is 0 Å². The van der Waals surface area contributed by atoms with Gasteiger partial charge in [-0.15, -0.1) is 0 Å². The van der Waals surface area contributed by atoms with Gasteiger partial charge in [0.2, 0.25) is 5.91 Å². The molecule has 4 heterocycles. The van der Waals surface area contributed by atoms with Crippen molar-refractivity contribution in [2.45, 2.75) is 59.5 Å². The topological polar surface area (TPSA) is 102 Å². The Balaban J connectivity index is 1.66. The van der Waals surface area contributed by atoms with Gasteiger partial charge in [0.25, 0.3) is 0 Å². The molecule has 1 unspecified atom stereocenters. The molecule has 0 saturated carbocycles. The van der Waals surface area contributed by atoms with Gasteiger partial charge >= 0.3 is 0 Å². The summed E-state index contributed by atoms with van der Waals surface area (Å²) in [5.74, 6) is 2.59. The third-order valence-electron chi connectivity index (χ3n) is 5.87. The summed E-state index contributed by atoms with van der Waals surface area (Å²) in [6.07, 6.45) is 7.74. The van der Waals surface area contributed by atoms with Crippen LogP contribution in [0.1, 0.15) is 45.9 Å². The zero-order valence-corrected chi connectivity index (χ0v) is 18.7. The molecule has 9 nitrogen and oxygen atoms in total. The minimum Gasteiger partial charge on any atom is -0.365 e. The Hall–Kier alpha value is -3.10. The summed E-state index contributed by atoms with van der Waals surface area (Å²) in [5, 5.41) is 3.50. The second-order valence-electron chi connectivity index (χ2n) is 8.38. The molecule has 3 aromatic heterocycles. The monoisotopic (exact) mass is 422 g/mol. The van der Waals surface area contributed by atoms with E-state index in [4.69, 9.17) is 4.98 Å². The molecular formula is C22H30N8O. The molecule has 1 atom stereocenters. The highest BCUT2D eigenvalue weighted by Gasteiger charge is 2.25. The smallest absolute Gasteiger partial charge is 0.224 e. The fraction of sp³-hybridized carbons (Fsp3) is 0.545. The van der Waals surface area contributed by atoms with Crippen molar-refractivity contribution in [3.8, 4) is 11.4 Å². The van der Waals surface area contributed by atoms with E-state index in [9.17, 15) is 4.79 Å². The second-order valence-corrected chi connectivity index (χ2v) is 8.38. The van der Waals surface area contributed by atoms with Crippen LogP contribution < -0.4 is 5.32 Å². The van der Waals surface area contributed by atoms with Crippen molar-refractivity contribution < 1.29 is 4.79 Å². The Labute approximate surface area is 182 Å². The molecule has 1 aliphatic heterocycles. The van der Waals surface area contributed by atoms with Crippen molar-refractivity contribution in [1.82, 2.24) is 34.4 Å². The summed E-state index contributed by atoms with van der Waals surface area (Å²) in [4.78, 5) is 37.1. The molecule has 1 fully saturated rings. The van der Waals surface area contributed by atoms with E-state index in [1.807, 2.05) is 16.4 Å². The zero-order chi connectivity index (χ0) is 22.0. The molecule has 9 heteroatoms. The van der Waals surface area contributed by atoms with Crippen LogP contribution in [0.15, 0.2) is 18.7 Å². The number of carbonyl (C=O) groups excluding carboxylic acids is 1. The van der Waals surface area contributed by atoms with E-state index in [0.29, 0.717) is 30.1 Å². The fourth-order valence-corrected chi connectivity index (χ4v) is 3.98. The second kappa shape index (κ2) is 8.95. The number of imidazole rings is 1. The maximum atomic E-state index is 12.8. The van der Waals surface area contributed by atoms with Crippen LogP contribution >= 0.6 is 0 Å². The van der Waals surface area contributed by atoms with E-state index >= 15 is 0 Å². The van der Waals surface area contributed by atoms with Gasteiger partial charge in [-0.1, -0.05) is 13.8 Å². The quantitative estimate of drug-likeness (QED) is 0.624. The predicted octanol–water partition coefficient (Wildman–Crippen LogP) is 3.06. The van der Waals surface area contributed by atoms with Crippen LogP contribution in [0.2, 0.25) is 0 Å². The van der Waals surface area contributed by atoms with Crippen LogP contribution in [0.4, 0.5) is 5.82 Å². The lowest BCUT2D eigenvalue weighted by Gasteiger charge is -2.25. The van der Waals surface area contributed by atoms with Gasteiger partial charge < -0.3 is 14.8 Å². The Morgan fingerprint density at radius 2 is 1.84 bits per heavy atom. The number of nitrogens with one attached hydrogen (secondary N) is 1. The average molecular weight is 423 g/mol. The fourth-order valence-electron chi connectivity index (χ4n) is 3.98. The highest BCUT2D eigenvalue weighted by atomic mass is 16.2. The van der Waals surface area contributed by atoms with Crippen molar-refractivity contribution in [2.24, 2.45) is 5.92 Å². The van der Waals surface area contributed by atoms with Gasteiger partial charge in [0.05, 0.1) is 5.56 Å². The third-order valence-corrected chi connectivity index (χ3v) is 5.87. The summed E-state index contributed by atoms with van der Waals surface area (Å²) < 4.78 is 2.04. The first-order chi connectivity index (χ1) is 15.0. The minimum absolute atomic E-state index is 0.0378. The van der Waals surface area contributed by atoms with Gasteiger partial charge in [0, 0.05) is 44.5 Å². The van der Waals surface area contributed by atoms with E-state index in [1.165, 1.54) is 0 Å². The van der Waals surface area contributed by atoms with Crippen LogP contribution in [0.3, 0.4) is 0 Å². The average Bonchev–Trinajstić information content (AvgIpc) is 3.42. The summed E-state index contributed by atoms with van der Waals surface area (Å²) in [7, 11) is 0. The number of rotatable bonds is 7. The molecule has 1 saturated heterocycles. The van der Waals surface area contributed by atoms with Gasteiger partial charge in [-0.2, -0.15) is 0 Å². The molecule has 1 N–H and O–H groups in total. The maximum absolute atomic E-state index is 12.8. The maximum Gasteiger partial charge on any atom is 0.224 e. The molecule has 0 aromatic carbocycles. The van der Waals surface area contributed by atoms with E-state index in [1.54, 1.807) is 18.7 Å². The number of carbonyl (C=O) groups is 1. The normalized spacial score (nSPS) is 15.1. The van der Waals surface area contributed by atoms with Crippen LogP contribution in [0.5, 0.6) is 0 Å². The summed E-state index contributed by atoms with van der Waals surface area (Å²) in [5.41, 5.74) is 2.28. The van der Waals surface area contributed by atoms with Crippen LogP contribution in [0, 0.1) is 12.8 Å². The molecule has 0 radical (unpaired) electrons. The first kappa shape index (κ1) is 21.1. The third kappa shape index (κ3) is 4.35. The number of anilines is 1. The largest absolute Gasteiger partial charge is 0.365 e. The molecule has 4 rings (SSSR count). The Morgan fingerprint density at radius 3 is 2.48 bits per heavy atom. The zero-order valence-electron chi connectivity index (χ0n) is 18.7. The molecule has 0 spiro atoms. The molecule has 164 valence electrons. The molecule has 0 aliphatic carbocycles. The van der Waals surface area contributed by atoms with Crippen molar-refractivity contribution >= 4 is 22.9 Å². The molecule has 1 amide bonds. The molecule has 1 aliphatic rings. The number of nitrogens with zero attached hydrogens (tertiary/aromatic N) is 7. The molecule has 3 aromatic rings. The number of amides is 1. The lowest BCUT2D eigenvalue weighted by atomic mass is 10.00. The van der Waals surface area contributed by atoms with Crippen LogP contribution in [-0.4, -0.2) is 59.4 Å². The predicted molar refractivity (Wildman–Crippen MR) is 119 cm³/mol. The number of likely N-dealkylation sites (tertiary alicyclic amines) is 1. The number of aromatic nitrogens is 6. The van der Waals surface area contributed by atoms with E-state index in [0.717, 1.165) is 43.0 Å². The van der Waals surface area contributed by atoms with E-state index in [2.05, 4.69) is 46.0 Å². The highest BCUT2D eigenvalue weighted by molar-refractivity contribution is 5.86. The number of fused-ring (bicyclic) bond motifs is 1. The van der Waals surface area contributed by atoms with Crippen molar-refractivity contribution in [3.05, 3.63) is 24.5 Å². The lowest BCUT2D eigenvalue weighted by molar-refractivity contribution is -0.130. The summed E-state index contributed by atoms with van der Waals surface area (Å²) in [6.45, 7) is 10.6. The van der Waals surface area contributed by atoms with Crippen molar-refractivity contribution in [1.29, 1.82) is 0 Å². The van der Waals surface area contributed by atoms with Gasteiger partial charge in [0.15, 0.2) is 17.0 Å². The van der Waals surface area contributed by atoms with Gasteiger partial charge in [-0.25, -0.2) is 24.9 Å². The van der Waals surface area contributed by atoms with Crippen molar-refractivity contribution in [2.75, 3.05) is 18.4 Å². The van der Waals surface area contributed by atoms with Gasteiger partial charge in [-0.3, -0.25) is 4.79 Å². The Kier molecular flexibility index (Phi) is 6.11. The first-order valence-electron chi connectivity index (χ1n) is 11.0. The summed E-state index contributed by atoms with van der Waals surface area (Å²) >= 11 is 0. The van der Waals surface area contributed by atoms with Crippen LogP contribution in [-0.2, 0) is 11.3 Å². The first-order valence-corrected chi connectivity index (χ1v) is 11.0. The minimum atomic E-state index is -0.0378.